The molecule has 0 N–H and O–H groups in total. The van der Waals surface area contributed by atoms with E-state index >= 15 is 0 Å². The van der Waals surface area contributed by atoms with Crippen LogP contribution in [0, 0.1) is 5.92 Å². The van der Waals surface area contributed by atoms with Crippen molar-refractivity contribution in [3.63, 3.8) is 0 Å². The molecule has 1 aliphatic carbocycles. The SMILES string of the molecule is Clc1ccc(-c2noc(CC3CCCCC3)n2)cc1. The van der Waals surface area contributed by atoms with E-state index in [0.29, 0.717) is 11.7 Å². The van der Waals surface area contributed by atoms with E-state index in [1.807, 2.05) is 24.3 Å². The molecule has 0 bridgehead atoms. The second-order valence-electron chi connectivity index (χ2n) is 5.23. The molecule has 1 aromatic heterocycles. The summed E-state index contributed by atoms with van der Waals surface area (Å²) >= 11 is 5.87. The summed E-state index contributed by atoms with van der Waals surface area (Å²) in [6.07, 6.45) is 7.54. The Hall–Kier alpha value is -1.35. The van der Waals surface area contributed by atoms with Gasteiger partial charge in [-0.3, -0.25) is 0 Å². The number of halogens is 1. The van der Waals surface area contributed by atoms with Crippen molar-refractivity contribution in [3.8, 4) is 11.4 Å². The highest BCUT2D eigenvalue weighted by Crippen LogP contribution is 2.27. The maximum Gasteiger partial charge on any atom is 0.227 e. The Morgan fingerprint density at radius 1 is 1.11 bits per heavy atom. The molecule has 0 aliphatic heterocycles. The minimum absolute atomic E-state index is 0.655. The van der Waals surface area contributed by atoms with Crippen molar-refractivity contribution in [1.82, 2.24) is 10.1 Å². The van der Waals surface area contributed by atoms with Gasteiger partial charge in [0.05, 0.1) is 0 Å². The molecule has 0 amide bonds. The fourth-order valence-electron chi connectivity index (χ4n) is 2.69. The van der Waals surface area contributed by atoms with Gasteiger partial charge in [-0.1, -0.05) is 36.0 Å². The number of hydrogen-bond acceptors (Lipinski definition) is 3. The predicted octanol–water partition coefficient (Wildman–Crippen LogP) is 4.51. The Labute approximate surface area is 118 Å². The van der Waals surface area contributed by atoms with E-state index in [1.54, 1.807) is 0 Å². The van der Waals surface area contributed by atoms with Gasteiger partial charge in [0, 0.05) is 17.0 Å². The highest BCUT2D eigenvalue weighted by molar-refractivity contribution is 6.30. The molecule has 1 fully saturated rings. The number of benzene rings is 1. The van der Waals surface area contributed by atoms with E-state index in [9.17, 15) is 0 Å². The van der Waals surface area contributed by atoms with Crippen molar-refractivity contribution >= 4 is 11.6 Å². The predicted molar refractivity (Wildman–Crippen MR) is 75.0 cm³/mol. The van der Waals surface area contributed by atoms with Gasteiger partial charge < -0.3 is 4.52 Å². The van der Waals surface area contributed by atoms with Gasteiger partial charge in [0.2, 0.25) is 11.7 Å². The topological polar surface area (TPSA) is 38.9 Å². The number of hydrogen-bond donors (Lipinski definition) is 0. The van der Waals surface area contributed by atoms with Gasteiger partial charge >= 0.3 is 0 Å². The Morgan fingerprint density at radius 2 is 1.84 bits per heavy atom. The van der Waals surface area contributed by atoms with Crippen LogP contribution in [-0.2, 0) is 6.42 Å². The zero-order valence-electron chi connectivity index (χ0n) is 10.8. The zero-order chi connectivity index (χ0) is 13.1. The summed E-state index contributed by atoms with van der Waals surface area (Å²) in [5.74, 6) is 2.13. The van der Waals surface area contributed by atoms with Gasteiger partial charge in [0.25, 0.3) is 0 Å². The Balaban J connectivity index is 1.70. The van der Waals surface area contributed by atoms with Crippen LogP contribution in [0.2, 0.25) is 5.02 Å². The lowest BCUT2D eigenvalue weighted by Crippen LogP contribution is -2.09. The Kier molecular flexibility index (Phi) is 3.83. The minimum Gasteiger partial charge on any atom is -0.339 e. The van der Waals surface area contributed by atoms with Crippen molar-refractivity contribution in [2.75, 3.05) is 0 Å². The average molecular weight is 277 g/mol. The Bertz CT molecular complexity index is 529. The Morgan fingerprint density at radius 3 is 2.58 bits per heavy atom. The molecule has 1 aromatic carbocycles. The van der Waals surface area contributed by atoms with Crippen LogP contribution in [0.3, 0.4) is 0 Å². The van der Waals surface area contributed by atoms with E-state index in [1.165, 1.54) is 32.1 Å². The number of rotatable bonds is 3. The molecule has 3 rings (SSSR count). The second kappa shape index (κ2) is 5.74. The van der Waals surface area contributed by atoms with Gasteiger partial charge in [-0.2, -0.15) is 4.98 Å². The molecule has 1 saturated carbocycles. The molecule has 4 heteroatoms. The summed E-state index contributed by atoms with van der Waals surface area (Å²) in [7, 11) is 0. The lowest BCUT2D eigenvalue weighted by Gasteiger charge is -2.19. The molecular formula is C15H17ClN2O. The molecule has 0 radical (unpaired) electrons. The normalized spacial score (nSPS) is 16.7. The monoisotopic (exact) mass is 276 g/mol. The third kappa shape index (κ3) is 3.16. The maximum absolute atomic E-state index is 5.87. The zero-order valence-corrected chi connectivity index (χ0v) is 11.6. The third-order valence-electron chi connectivity index (χ3n) is 3.76. The van der Waals surface area contributed by atoms with Crippen LogP contribution in [0.15, 0.2) is 28.8 Å². The molecule has 100 valence electrons. The maximum atomic E-state index is 5.87. The molecule has 1 heterocycles. The van der Waals surface area contributed by atoms with Crippen molar-refractivity contribution in [1.29, 1.82) is 0 Å². The van der Waals surface area contributed by atoms with Gasteiger partial charge in [-0.15, -0.1) is 0 Å². The van der Waals surface area contributed by atoms with E-state index in [4.69, 9.17) is 16.1 Å². The molecule has 0 saturated heterocycles. The van der Waals surface area contributed by atoms with E-state index in [-0.39, 0.29) is 0 Å². The molecule has 3 nitrogen and oxygen atoms in total. The summed E-state index contributed by atoms with van der Waals surface area (Å²) < 4.78 is 5.36. The quantitative estimate of drug-likeness (QED) is 0.828. The van der Waals surface area contributed by atoms with Crippen molar-refractivity contribution in [2.45, 2.75) is 38.5 Å². The highest BCUT2D eigenvalue weighted by Gasteiger charge is 2.17. The molecule has 0 unspecified atom stereocenters. The molecule has 1 aliphatic rings. The molecular weight excluding hydrogens is 260 g/mol. The fourth-order valence-corrected chi connectivity index (χ4v) is 2.82. The summed E-state index contributed by atoms with van der Waals surface area (Å²) in [5, 5.41) is 4.77. The van der Waals surface area contributed by atoms with Crippen LogP contribution in [0.5, 0.6) is 0 Å². The van der Waals surface area contributed by atoms with Crippen LogP contribution in [-0.4, -0.2) is 10.1 Å². The van der Waals surface area contributed by atoms with E-state index < -0.39 is 0 Å². The van der Waals surface area contributed by atoms with Crippen LogP contribution in [0.1, 0.15) is 38.0 Å². The first-order valence-electron chi connectivity index (χ1n) is 6.90. The van der Waals surface area contributed by atoms with Crippen molar-refractivity contribution in [3.05, 3.63) is 35.2 Å². The average Bonchev–Trinajstić information content (AvgIpc) is 2.89. The smallest absolute Gasteiger partial charge is 0.227 e. The minimum atomic E-state index is 0.655. The van der Waals surface area contributed by atoms with Gasteiger partial charge in [-0.05, 0) is 43.0 Å². The largest absolute Gasteiger partial charge is 0.339 e. The van der Waals surface area contributed by atoms with Crippen molar-refractivity contribution in [2.24, 2.45) is 5.92 Å². The third-order valence-corrected chi connectivity index (χ3v) is 4.01. The summed E-state index contributed by atoms with van der Waals surface area (Å²) in [5.41, 5.74) is 0.947. The van der Waals surface area contributed by atoms with Gasteiger partial charge in [0.15, 0.2) is 0 Å². The summed E-state index contributed by atoms with van der Waals surface area (Å²) in [6.45, 7) is 0. The number of aromatic nitrogens is 2. The van der Waals surface area contributed by atoms with Gasteiger partial charge in [-0.25, -0.2) is 0 Å². The number of nitrogens with zero attached hydrogens (tertiary/aromatic N) is 2. The molecule has 0 spiro atoms. The fraction of sp³-hybridized carbons (Fsp3) is 0.467. The molecule has 19 heavy (non-hydrogen) atoms. The summed E-state index contributed by atoms with van der Waals surface area (Å²) in [6, 6.07) is 7.51. The lowest BCUT2D eigenvalue weighted by atomic mass is 9.87. The second-order valence-corrected chi connectivity index (χ2v) is 5.66. The molecule has 2 aromatic rings. The van der Waals surface area contributed by atoms with Crippen LogP contribution in [0.25, 0.3) is 11.4 Å². The molecule has 0 atom stereocenters. The first-order valence-corrected chi connectivity index (χ1v) is 7.27. The van der Waals surface area contributed by atoms with Gasteiger partial charge in [0.1, 0.15) is 0 Å². The highest BCUT2D eigenvalue weighted by atomic mass is 35.5. The standard InChI is InChI=1S/C15H17ClN2O/c16-13-8-6-12(7-9-13)15-17-14(19-18-15)10-11-4-2-1-3-5-11/h6-9,11H,1-5,10H2. The van der Waals surface area contributed by atoms with E-state index in [0.717, 1.165) is 22.9 Å². The van der Waals surface area contributed by atoms with Crippen LogP contribution < -0.4 is 0 Å². The van der Waals surface area contributed by atoms with E-state index in [2.05, 4.69) is 10.1 Å². The summed E-state index contributed by atoms with van der Waals surface area (Å²) in [4.78, 5) is 4.48. The lowest BCUT2D eigenvalue weighted by molar-refractivity contribution is 0.305. The van der Waals surface area contributed by atoms with Crippen molar-refractivity contribution < 1.29 is 4.52 Å². The first-order chi connectivity index (χ1) is 9.31. The first kappa shape index (κ1) is 12.7. The van der Waals surface area contributed by atoms with Crippen LogP contribution >= 0.6 is 11.6 Å². The van der Waals surface area contributed by atoms with Crippen LogP contribution in [0.4, 0.5) is 0 Å².